The topological polar surface area (TPSA) is 69.8 Å². The summed E-state index contributed by atoms with van der Waals surface area (Å²) in [4.78, 5) is 19.9. The van der Waals surface area contributed by atoms with E-state index in [1.165, 1.54) is 0 Å². The zero-order valence-electron chi connectivity index (χ0n) is 12.0. The van der Waals surface area contributed by atoms with Crippen molar-refractivity contribution in [1.82, 2.24) is 15.3 Å². The number of nitrogens with zero attached hydrogens (tertiary/aromatic N) is 1. The minimum atomic E-state index is 0. The lowest BCUT2D eigenvalue weighted by Gasteiger charge is -2.22. The van der Waals surface area contributed by atoms with E-state index in [0.29, 0.717) is 16.5 Å². The summed E-state index contributed by atoms with van der Waals surface area (Å²) >= 11 is 6.10. The summed E-state index contributed by atoms with van der Waals surface area (Å²) in [6, 6.07) is 5.55. The Kier molecular flexibility index (Phi) is 4.05. The Hall–Kier alpha value is -1.30. The second-order valence-electron chi connectivity index (χ2n) is 6.08. The van der Waals surface area contributed by atoms with Crippen LogP contribution in [-0.4, -0.2) is 29.0 Å². The quantitative estimate of drug-likeness (QED) is 0.787. The van der Waals surface area contributed by atoms with Crippen LogP contribution in [0.1, 0.15) is 19.3 Å². The summed E-state index contributed by atoms with van der Waals surface area (Å²) in [6.07, 6.45) is 3.19. The number of amides is 1. The number of anilines is 1. The van der Waals surface area contributed by atoms with Crippen LogP contribution in [0.4, 0.5) is 5.95 Å². The van der Waals surface area contributed by atoms with Gasteiger partial charge < -0.3 is 10.3 Å². The third-order valence-electron chi connectivity index (χ3n) is 4.81. The van der Waals surface area contributed by atoms with Crippen LogP contribution in [0, 0.1) is 11.3 Å². The molecule has 0 radical (unpaired) electrons. The molecule has 1 saturated heterocycles. The highest BCUT2D eigenvalue weighted by atomic mass is 35.5. The highest BCUT2D eigenvalue weighted by Crippen LogP contribution is 2.58. The van der Waals surface area contributed by atoms with E-state index in [4.69, 9.17) is 11.6 Å². The van der Waals surface area contributed by atoms with Gasteiger partial charge in [0, 0.05) is 5.92 Å². The van der Waals surface area contributed by atoms with E-state index in [0.717, 1.165) is 37.9 Å². The minimum Gasteiger partial charge on any atom is -0.324 e. The van der Waals surface area contributed by atoms with E-state index < -0.39 is 0 Å². The highest BCUT2D eigenvalue weighted by Gasteiger charge is 2.57. The molecule has 1 saturated carbocycles. The van der Waals surface area contributed by atoms with Gasteiger partial charge >= 0.3 is 0 Å². The number of rotatable bonds is 2. The molecule has 118 valence electrons. The Bertz CT molecular complexity index is 709. The molecule has 1 aromatic heterocycles. The molecule has 22 heavy (non-hydrogen) atoms. The Balaban J connectivity index is 0.00000144. The van der Waals surface area contributed by atoms with Gasteiger partial charge in [-0.15, -0.1) is 12.4 Å². The zero-order chi connectivity index (χ0) is 14.4. The van der Waals surface area contributed by atoms with Crippen LogP contribution in [0.15, 0.2) is 18.2 Å². The maximum Gasteiger partial charge on any atom is 0.230 e. The van der Waals surface area contributed by atoms with Crippen molar-refractivity contribution in [1.29, 1.82) is 0 Å². The molecule has 4 rings (SSSR count). The van der Waals surface area contributed by atoms with Gasteiger partial charge in [-0.05, 0) is 49.9 Å². The van der Waals surface area contributed by atoms with E-state index in [1.807, 2.05) is 12.1 Å². The lowest BCUT2D eigenvalue weighted by molar-refractivity contribution is -0.118. The molecule has 1 aliphatic carbocycles. The van der Waals surface area contributed by atoms with Crippen molar-refractivity contribution in [3.63, 3.8) is 0 Å². The predicted octanol–water partition coefficient (Wildman–Crippen LogP) is 2.97. The number of nitrogens with one attached hydrogen (secondary N) is 3. The van der Waals surface area contributed by atoms with E-state index in [2.05, 4.69) is 20.6 Å². The van der Waals surface area contributed by atoms with Crippen molar-refractivity contribution in [2.75, 3.05) is 18.4 Å². The van der Waals surface area contributed by atoms with Gasteiger partial charge in [-0.25, -0.2) is 4.98 Å². The van der Waals surface area contributed by atoms with E-state index >= 15 is 0 Å². The van der Waals surface area contributed by atoms with Crippen molar-refractivity contribution in [2.24, 2.45) is 11.3 Å². The first-order valence-electron chi connectivity index (χ1n) is 7.34. The minimum absolute atomic E-state index is 0. The molecule has 3 N–H and O–H groups in total. The van der Waals surface area contributed by atoms with Crippen molar-refractivity contribution >= 4 is 46.9 Å². The average molecular weight is 341 g/mol. The molecule has 2 heterocycles. The molecule has 5 nitrogen and oxygen atoms in total. The molecule has 2 aliphatic rings. The van der Waals surface area contributed by atoms with Crippen LogP contribution < -0.4 is 10.6 Å². The van der Waals surface area contributed by atoms with Crippen molar-refractivity contribution in [3.8, 4) is 0 Å². The summed E-state index contributed by atoms with van der Waals surface area (Å²) in [5, 5.41) is 6.84. The number of halogens is 2. The zero-order valence-corrected chi connectivity index (χ0v) is 13.6. The number of H-pyrrole nitrogens is 1. The highest BCUT2D eigenvalue weighted by molar-refractivity contribution is 6.35. The van der Waals surface area contributed by atoms with Gasteiger partial charge in [0.25, 0.3) is 0 Å². The Morgan fingerprint density at radius 1 is 1.36 bits per heavy atom. The lowest BCUT2D eigenvalue weighted by atomic mass is 9.92. The number of fused-ring (bicyclic) bond motifs is 1. The second-order valence-corrected chi connectivity index (χ2v) is 6.49. The van der Waals surface area contributed by atoms with E-state index in [9.17, 15) is 4.79 Å². The summed E-state index contributed by atoms with van der Waals surface area (Å²) < 4.78 is 0. The first-order valence-corrected chi connectivity index (χ1v) is 7.72. The lowest BCUT2D eigenvalue weighted by Crippen LogP contribution is -2.31. The number of hydrogen-bond acceptors (Lipinski definition) is 3. The molecule has 1 aliphatic heterocycles. The number of aromatic amines is 1. The molecule has 7 heteroatoms. The van der Waals surface area contributed by atoms with Crippen LogP contribution in [0.2, 0.25) is 5.02 Å². The molecule has 1 aromatic carbocycles. The third kappa shape index (κ3) is 2.57. The first-order chi connectivity index (χ1) is 10.2. The van der Waals surface area contributed by atoms with Gasteiger partial charge in [0.1, 0.15) is 5.52 Å². The fraction of sp³-hybridized carbons (Fsp3) is 0.467. The normalized spacial score (nSPS) is 22.3. The fourth-order valence-electron chi connectivity index (χ4n) is 3.46. The number of carbonyl (C=O) groups is 1. The third-order valence-corrected chi connectivity index (χ3v) is 5.12. The summed E-state index contributed by atoms with van der Waals surface area (Å²) in [5.41, 5.74) is 1.77. The number of benzene rings is 1. The van der Waals surface area contributed by atoms with Crippen LogP contribution in [-0.2, 0) is 4.79 Å². The molecule has 2 aromatic rings. The van der Waals surface area contributed by atoms with Crippen molar-refractivity contribution in [2.45, 2.75) is 19.3 Å². The van der Waals surface area contributed by atoms with Crippen LogP contribution in [0.5, 0.6) is 0 Å². The van der Waals surface area contributed by atoms with Gasteiger partial charge in [0.15, 0.2) is 0 Å². The average Bonchev–Trinajstić information content (AvgIpc) is 2.99. The van der Waals surface area contributed by atoms with Crippen molar-refractivity contribution < 1.29 is 4.79 Å². The van der Waals surface area contributed by atoms with Crippen LogP contribution >= 0.6 is 24.0 Å². The summed E-state index contributed by atoms with van der Waals surface area (Å²) in [7, 11) is 0. The smallest absolute Gasteiger partial charge is 0.230 e. The van der Waals surface area contributed by atoms with Crippen LogP contribution in [0.25, 0.3) is 11.0 Å². The standard InChI is InChI=1S/C15H17ClN4O.ClH/c16-10-2-1-3-11-12(10)19-14(18-11)20-13(21)9-8-15(9)4-6-17-7-5-15;/h1-3,9,17H,4-8H2,(H2,18,19,20,21);1H. The molecule has 0 bridgehead atoms. The number of hydrogen-bond donors (Lipinski definition) is 3. The SMILES string of the molecule is Cl.O=C(Nc1nc2c(Cl)cccc2[nH]1)C1CC12CCNCC2. The molecular weight excluding hydrogens is 323 g/mol. The molecule has 1 amide bonds. The summed E-state index contributed by atoms with van der Waals surface area (Å²) in [5.74, 6) is 0.689. The molecule has 1 atom stereocenters. The number of piperidine rings is 1. The number of imidazole rings is 1. The maximum atomic E-state index is 12.4. The molecule has 2 fully saturated rings. The van der Waals surface area contributed by atoms with Crippen molar-refractivity contribution in [3.05, 3.63) is 23.2 Å². The Morgan fingerprint density at radius 3 is 2.86 bits per heavy atom. The molecule has 1 spiro atoms. The van der Waals surface area contributed by atoms with Gasteiger partial charge in [-0.2, -0.15) is 0 Å². The largest absolute Gasteiger partial charge is 0.324 e. The van der Waals surface area contributed by atoms with E-state index in [1.54, 1.807) is 6.07 Å². The number of carbonyl (C=O) groups excluding carboxylic acids is 1. The van der Waals surface area contributed by atoms with Gasteiger partial charge in [-0.1, -0.05) is 17.7 Å². The van der Waals surface area contributed by atoms with Gasteiger partial charge in [0.05, 0.1) is 10.5 Å². The number of aromatic nitrogens is 2. The number of para-hydroxylation sites is 1. The van der Waals surface area contributed by atoms with Gasteiger partial charge in [-0.3, -0.25) is 10.1 Å². The second kappa shape index (κ2) is 5.72. The fourth-order valence-corrected chi connectivity index (χ4v) is 3.67. The maximum absolute atomic E-state index is 12.4. The molecular formula is C15H18Cl2N4O. The van der Waals surface area contributed by atoms with E-state index in [-0.39, 0.29) is 29.6 Å². The Labute approximate surface area is 139 Å². The predicted molar refractivity (Wildman–Crippen MR) is 89.6 cm³/mol. The van der Waals surface area contributed by atoms with Gasteiger partial charge in [0.2, 0.25) is 11.9 Å². The molecule has 1 unspecified atom stereocenters. The summed E-state index contributed by atoms with van der Waals surface area (Å²) in [6.45, 7) is 2.04. The Morgan fingerprint density at radius 2 is 2.14 bits per heavy atom. The monoisotopic (exact) mass is 340 g/mol. The van der Waals surface area contributed by atoms with Crippen LogP contribution in [0.3, 0.4) is 0 Å². The first kappa shape index (κ1) is 15.6.